The highest BCUT2D eigenvalue weighted by Crippen LogP contribution is 2.18. The number of hydrogen-bond acceptors (Lipinski definition) is 3. The topological polar surface area (TPSA) is 66.5 Å². The van der Waals surface area contributed by atoms with Crippen LogP contribution in [-0.4, -0.2) is 45.0 Å². The minimum Gasteiger partial charge on any atom is -0.356 e. The molecule has 1 N–H and O–H groups in total. The molecule has 0 aliphatic carbocycles. The number of nitrogens with one attached hydrogen (secondary N) is 1. The van der Waals surface area contributed by atoms with Gasteiger partial charge in [-0.1, -0.05) is 17.7 Å². The van der Waals surface area contributed by atoms with E-state index in [4.69, 9.17) is 11.6 Å². The molecule has 1 aromatic rings. The van der Waals surface area contributed by atoms with Gasteiger partial charge in [0.15, 0.2) is 0 Å². The smallest absolute Gasteiger partial charge is 0.221 e. The van der Waals surface area contributed by atoms with Gasteiger partial charge in [-0.3, -0.25) is 4.79 Å². The van der Waals surface area contributed by atoms with E-state index in [1.165, 1.54) is 26.2 Å². The molecule has 0 heterocycles. The highest BCUT2D eigenvalue weighted by atomic mass is 35.5. The minimum absolute atomic E-state index is 0.133. The Morgan fingerprint density at radius 2 is 2.05 bits per heavy atom. The summed E-state index contributed by atoms with van der Waals surface area (Å²) in [7, 11) is -0.572. The van der Waals surface area contributed by atoms with Gasteiger partial charge in [0.05, 0.1) is 5.75 Å². The number of rotatable bonds is 7. The van der Waals surface area contributed by atoms with Gasteiger partial charge < -0.3 is 5.32 Å². The lowest BCUT2D eigenvalue weighted by Crippen LogP contribution is -2.31. The second-order valence-electron chi connectivity index (χ2n) is 4.65. The van der Waals surface area contributed by atoms with Crippen LogP contribution in [0.15, 0.2) is 18.2 Å². The third-order valence-corrected chi connectivity index (χ3v) is 5.09. The summed E-state index contributed by atoms with van der Waals surface area (Å²) in [4.78, 5) is 11.6. The average Bonchev–Trinajstić information content (AvgIpc) is 2.40. The average molecular weight is 337 g/mol. The molecule has 8 heteroatoms. The molecule has 0 aliphatic heterocycles. The predicted octanol–water partition coefficient (Wildman–Crippen LogP) is 1.42. The number of halogens is 2. The summed E-state index contributed by atoms with van der Waals surface area (Å²) in [6.45, 7) is 0.196. The van der Waals surface area contributed by atoms with Crippen molar-refractivity contribution < 1.29 is 17.6 Å². The summed E-state index contributed by atoms with van der Waals surface area (Å²) in [5.74, 6) is -1.08. The molecule has 0 unspecified atom stereocenters. The zero-order valence-electron chi connectivity index (χ0n) is 11.9. The van der Waals surface area contributed by atoms with Gasteiger partial charge >= 0.3 is 0 Å². The Hall–Kier alpha value is -1.18. The van der Waals surface area contributed by atoms with Gasteiger partial charge in [0, 0.05) is 37.6 Å². The molecule has 0 spiro atoms. The van der Waals surface area contributed by atoms with Gasteiger partial charge in [-0.2, -0.15) is 0 Å². The molecule has 0 atom stereocenters. The van der Waals surface area contributed by atoms with Crippen LogP contribution in [0.2, 0.25) is 5.02 Å². The van der Waals surface area contributed by atoms with Crippen molar-refractivity contribution in [3.05, 3.63) is 34.6 Å². The lowest BCUT2D eigenvalue weighted by atomic mass is 10.1. The van der Waals surface area contributed by atoms with Crippen molar-refractivity contribution in [3.63, 3.8) is 0 Å². The van der Waals surface area contributed by atoms with E-state index in [0.29, 0.717) is 10.6 Å². The molecule has 1 aromatic carbocycles. The standard InChI is InChI=1S/C13H18ClFN2O3S/c1-17(2)21(19,20)9-7-13(18)16-8-6-10-11(14)4-3-5-12(10)15/h3-5H,6-9H2,1-2H3,(H,16,18). The number of carbonyl (C=O) groups is 1. The fraction of sp³-hybridized carbons (Fsp3) is 0.462. The quantitative estimate of drug-likeness (QED) is 0.819. The first-order valence-electron chi connectivity index (χ1n) is 6.34. The molecule has 118 valence electrons. The number of carbonyl (C=O) groups excluding carboxylic acids is 1. The lowest BCUT2D eigenvalue weighted by molar-refractivity contribution is -0.120. The molecule has 21 heavy (non-hydrogen) atoms. The van der Waals surface area contributed by atoms with Crippen LogP contribution < -0.4 is 5.32 Å². The maximum Gasteiger partial charge on any atom is 0.221 e. The van der Waals surface area contributed by atoms with E-state index in [-0.39, 0.29) is 25.1 Å². The fourth-order valence-corrected chi connectivity index (χ4v) is 2.66. The van der Waals surface area contributed by atoms with E-state index in [0.717, 1.165) is 4.31 Å². The van der Waals surface area contributed by atoms with Crippen molar-refractivity contribution in [2.75, 3.05) is 26.4 Å². The van der Waals surface area contributed by atoms with E-state index >= 15 is 0 Å². The van der Waals surface area contributed by atoms with E-state index in [1.807, 2.05) is 0 Å². The van der Waals surface area contributed by atoms with Crippen LogP contribution in [-0.2, 0) is 21.2 Å². The summed E-state index contributed by atoms with van der Waals surface area (Å²) in [6, 6.07) is 4.38. The molecule has 0 fully saturated rings. The molecular formula is C13H18ClFN2O3S. The molecule has 0 radical (unpaired) electrons. The summed E-state index contributed by atoms with van der Waals surface area (Å²) in [6.07, 6.45) is 0.114. The van der Waals surface area contributed by atoms with E-state index in [9.17, 15) is 17.6 Å². The van der Waals surface area contributed by atoms with Crippen LogP contribution in [0.1, 0.15) is 12.0 Å². The number of hydrogen-bond donors (Lipinski definition) is 1. The first-order valence-corrected chi connectivity index (χ1v) is 8.32. The summed E-state index contributed by atoms with van der Waals surface area (Å²) in [5, 5.41) is 2.85. The van der Waals surface area contributed by atoms with Gasteiger partial charge in [-0.25, -0.2) is 17.1 Å². The van der Waals surface area contributed by atoms with Crippen LogP contribution in [0.25, 0.3) is 0 Å². The van der Waals surface area contributed by atoms with Gasteiger partial charge in [0.1, 0.15) is 5.82 Å². The molecule has 1 amide bonds. The predicted molar refractivity (Wildman–Crippen MR) is 80.2 cm³/mol. The van der Waals surface area contributed by atoms with Crippen LogP contribution >= 0.6 is 11.6 Å². The number of benzene rings is 1. The van der Waals surface area contributed by atoms with Crippen molar-refractivity contribution in [2.45, 2.75) is 12.8 Å². The Bertz CT molecular complexity index is 585. The second-order valence-corrected chi connectivity index (χ2v) is 7.36. The summed E-state index contributed by atoms with van der Waals surface area (Å²) >= 11 is 5.86. The highest BCUT2D eigenvalue weighted by Gasteiger charge is 2.15. The highest BCUT2D eigenvalue weighted by molar-refractivity contribution is 7.89. The third kappa shape index (κ3) is 5.61. The maximum atomic E-state index is 13.5. The zero-order valence-corrected chi connectivity index (χ0v) is 13.5. The molecular weight excluding hydrogens is 319 g/mol. The summed E-state index contributed by atoms with van der Waals surface area (Å²) < 4.78 is 37.6. The summed E-state index contributed by atoms with van der Waals surface area (Å²) in [5.41, 5.74) is 0.334. The van der Waals surface area contributed by atoms with Gasteiger partial charge in [-0.15, -0.1) is 0 Å². The van der Waals surface area contributed by atoms with Crippen molar-refractivity contribution in [1.82, 2.24) is 9.62 Å². The Morgan fingerprint density at radius 1 is 1.38 bits per heavy atom. The first kappa shape index (κ1) is 17.9. The SMILES string of the molecule is CN(C)S(=O)(=O)CCC(=O)NCCc1c(F)cccc1Cl. The number of amides is 1. The number of sulfonamides is 1. The molecule has 0 saturated heterocycles. The minimum atomic E-state index is -3.39. The largest absolute Gasteiger partial charge is 0.356 e. The second kappa shape index (κ2) is 7.72. The first-order chi connectivity index (χ1) is 9.74. The molecule has 0 aromatic heterocycles. The van der Waals surface area contributed by atoms with Gasteiger partial charge in [0.25, 0.3) is 0 Å². The van der Waals surface area contributed by atoms with E-state index in [1.54, 1.807) is 6.07 Å². The van der Waals surface area contributed by atoms with Crippen molar-refractivity contribution >= 4 is 27.5 Å². The molecule has 0 saturated carbocycles. The lowest BCUT2D eigenvalue weighted by Gasteiger charge is -2.11. The fourth-order valence-electron chi connectivity index (χ4n) is 1.59. The zero-order chi connectivity index (χ0) is 16.0. The van der Waals surface area contributed by atoms with E-state index in [2.05, 4.69) is 5.32 Å². The molecule has 0 aliphatic rings. The molecule has 5 nitrogen and oxygen atoms in total. The Morgan fingerprint density at radius 3 is 2.62 bits per heavy atom. The van der Waals surface area contributed by atoms with Crippen molar-refractivity contribution in [1.29, 1.82) is 0 Å². The van der Waals surface area contributed by atoms with Gasteiger partial charge in [-0.05, 0) is 18.6 Å². The van der Waals surface area contributed by atoms with Crippen LogP contribution in [0, 0.1) is 5.82 Å². The van der Waals surface area contributed by atoms with Crippen molar-refractivity contribution in [3.8, 4) is 0 Å². The Labute approximate surface area is 129 Å². The van der Waals surface area contributed by atoms with Crippen LogP contribution in [0.4, 0.5) is 4.39 Å². The number of nitrogens with zero attached hydrogens (tertiary/aromatic N) is 1. The van der Waals surface area contributed by atoms with Crippen LogP contribution in [0.3, 0.4) is 0 Å². The Kier molecular flexibility index (Phi) is 6.57. The monoisotopic (exact) mass is 336 g/mol. The normalized spacial score (nSPS) is 11.7. The van der Waals surface area contributed by atoms with E-state index < -0.39 is 21.7 Å². The molecule has 1 rings (SSSR count). The van der Waals surface area contributed by atoms with Crippen molar-refractivity contribution in [2.24, 2.45) is 0 Å². The van der Waals surface area contributed by atoms with Crippen LogP contribution in [0.5, 0.6) is 0 Å². The van der Waals surface area contributed by atoms with Gasteiger partial charge in [0.2, 0.25) is 15.9 Å². The molecule has 0 bridgehead atoms. The maximum absolute atomic E-state index is 13.5. The third-order valence-electron chi connectivity index (χ3n) is 2.90. The Balaban J connectivity index is 2.41.